The lowest BCUT2D eigenvalue weighted by atomic mass is 10.1. The van der Waals surface area contributed by atoms with E-state index in [-0.39, 0.29) is 17.1 Å². The second kappa shape index (κ2) is 7.19. The van der Waals surface area contributed by atoms with Crippen molar-refractivity contribution in [3.63, 3.8) is 0 Å². The first kappa shape index (κ1) is 14.7. The van der Waals surface area contributed by atoms with Crippen molar-refractivity contribution in [3.8, 4) is 5.75 Å². The standard InChI is InChI=1S/C16H12F2O3/c17-16(18)21-14-7-3-5-12(11-14)15(19)9-2-1-6-13-8-4-10-20-13/h1-11,16H/b6-1+,9-2+. The summed E-state index contributed by atoms with van der Waals surface area (Å²) in [4.78, 5) is 11.9. The molecule has 0 saturated heterocycles. The normalized spacial score (nSPS) is 11.6. The minimum absolute atomic E-state index is 0.0459. The van der Waals surface area contributed by atoms with Gasteiger partial charge in [0.25, 0.3) is 0 Å². The van der Waals surface area contributed by atoms with Gasteiger partial charge in [0, 0.05) is 5.56 Å². The van der Waals surface area contributed by atoms with Gasteiger partial charge in [-0.2, -0.15) is 8.78 Å². The number of ketones is 1. The van der Waals surface area contributed by atoms with E-state index in [4.69, 9.17) is 4.42 Å². The minimum Gasteiger partial charge on any atom is -0.465 e. The summed E-state index contributed by atoms with van der Waals surface area (Å²) >= 11 is 0. The maximum atomic E-state index is 12.1. The van der Waals surface area contributed by atoms with Crippen molar-refractivity contribution < 1.29 is 22.7 Å². The Bertz CT molecular complexity index is 643. The highest BCUT2D eigenvalue weighted by molar-refractivity contribution is 6.04. The molecule has 0 spiro atoms. The van der Waals surface area contributed by atoms with Gasteiger partial charge >= 0.3 is 6.61 Å². The maximum Gasteiger partial charge on any atom is 0.387 e. The van der Waals surface area contributed by atoms with E-state index in [9.17, 15) is 13.6 Å². The summed E-state index contributed by atoms with van der Waals surface area (Å²) in [6.45, 7) is -2.91. The molecule has 2 aromatic rings. The maximum absolute atomic E-state index is 12.1. The van der Waals surface area contributed by atoms with E-state index in [0.717, 1.165) is 0 Å². The third-order valence-electron chi connectivity index (χ3n) is 2.51. The highest BCUT2D eigenvalue weighted by Crippen LogP contribution is 2.16. The zero-order valence-corrected chi connectivity index (χ0v) is 10.9. The molecule has 0 aliphatic heterocycles. The molecule has 1 heterocycles. The van der Waals surface area contributed by atoms with Crippen LogP contribution in [0.3, 0.4) is 0 Å². The van der Waals surface area contributed by atoms with Crippen molar-refractivity contribution in [1.29, 1.82) is 0 Å². The fourth-order valence-corrected chi connectivity index (χ4v) is 1.60. The topological polar surface area (TPSA) is 39.4 Å². The molecule has 21 heavy (non-hydrogen) atoms. The van der Waals surface area contributed by atoms with Gasteiger partial charge in [-0.25, -0.2) is 0 Å². The van der Waals surface area contributed by atoms with Crippen LogP contribution in [0.5, 0.6) is 5.75 Å². The van der Waals surface area contributed by atoms with E-state index in [1.54, 1.807) is 36.6 Å². The molecule has 0 radical (unpaired) electrons. The van der Waals surface area contributed by atoms with Gasteiger partial charge in [-0.15, -0.1) is 0 Å². The van der Waals surface area contributed by atoms with Crippen LogP contribution in [0.2, 0.25) is 0 Å². The third-order valence-corrected chi connectivity index (χ3v) is 2.51. The van der Waals surface area contributed by atoms with E-state index >= 15 is 0 Å². The summed E-state index contributed by atoms with van der Waals surface area (Å²) in [5.74, 6) is 0.314. The van der Waals surface area contributed by atoms with Crippen molar-refractivity contribution >= 4 is 11.9 Å². The number of ether oxygens (including phenoxy) is 1. The Balaban J connectivity index is 1.99. The van der Waals surface area contributed by atoms with Gasteiger partial charge in [0.05, 0.1) is 6.26 Å². The second-order valence-electron chi connectivity index (χ2n) is 4.00. The quantitative estimate of drug-likeness (QED) is 0.451. The Morgan fingerprint density at radius 3 is 2.76 bits per heavy atom. The highest BCUT2D eigenvalue weighted by Gasteiger charge is 2.07. The summed E-state index contributed by atoms with van der Waals surface area (Å²) in [5.41, 5.74) is 0.274. The van der Waals surface area contributed by atoms with Gasteiger partial charge in [-0.3, -0.25) is 4.79 Å². The first-order valence-electron chi connectivity index (χ1n) is 6.12. The summed E-state index contributed by atoms with van der Waals surface area (Å²) in [5, 5.41) is 0. The molecule has 0 atom stereocenters. The number of allylic oxidation sites excluding steroid dienone is 3. The van der Waals surface area contributed by atoms with Crippen LogP contribution in [0, 0.1) is 0 Å². The molecule has 5 heteroatoms. The van der Waals surface area contributed by atoms with E-state index in [1.807, 2.05) is 0 Å². The van der Waals surface area contributed by atoms with Crippen LogP contribution in [0.4, 0.5) is 8.78 Å². The van der Waals surface area contributed by atoms with Crippen molar-refractivity contribution in [1.82, 2.24) is 0 Å². The van der Waals surface area contributed by atoms with E-state index in [0.29, 0.717) is 5.76 Å². The molecular formula is C16H12F2O3. The molecule has 0 fully saturated rings. The number of alkyl halides is 2. The van der Waals surface area contributed by atoms with Crippen LogP contribution >= 0.6 is 0 Å². The number of carbonyl (C=O) groups is 1. The molecule has 2 rings (SSSR count). The number of hydrogen-bond acceptors (Lipinski definition) is 3. The second-order valence-corrected chi connectivity index (χ2v) is 4.00. The molecule has 0 aliphatic carbocycles. The number of rotatable bonds is 6. The predicted molar refractivity (Wildman–Crippen MR) is 74.3 cm³/mol. The van der Waals surface area contributed by atoms with Crippen molar-refractivity contribution in [2.75, 3.05) is 0 Å². The number of halogens is 2. The lowest BCUT2D eigenvalue weighted by molar-refractivity contribution is -0.0498. The summed E-state index contributed by atoms with van der Waals surface area (Å²) < 4.78 is 33.5. The molecule has 3 nitrogen and oxygen atoms in total. The van der Waals surface area contributed by atoms with Crippen LogP contribution in [0.15, 0.2) is 65.3 Å². The molecule has 1 aromatic carbocycles. The number of hydrogen-bond donors (Lipinski definition) is 0. The van der Waals surface area contributed by atoms with Gasteiger partial charge < -0.3 is 9.15 Å². The lowest BCUT2D eigenvalue weighted by Crippen LogP contribution is -2.03. The van der Waals surface area contributed by atoms with Crippen molar-refractivity contribution in [2.24, 2.45) is 0 Å². The van der Waals surface area contributed by atoms with E-state index in [1.165, 1.54) is 30.3 Å². The Labute approximate surface area is 120 Å². The smallest absolute Gasteiger partial charge is 0.387 e. The predicted octanol–water partition coefficient (Wildman–Crippen LogP) is 4.33. The van der Waals surface area contributed by atoms with Crippen LogP contribution < -0.4 is 4.74 Å². The van der Waals surface area contributed by atoms with Gasteiger partial charge in [-0.1, -0.05) is 24.3 Å². The minimum atomic E-state index is -2.91. The van der Waals surface area contributed by atoms with Gasteiger partial charge in [0.1, 0.15) is 11.5 Å². The zero-order chi connectivity index (χ0) is 15.1. The summed E-state index contributed by atoms with van der Waals surface area (Å²) in [7, 11) is 0. The fraction of sp³-hybridized carbons (Fsp3) is 0.0625. The zero-order valence-electron chi connectivity index (χ0n) is 10.9. The molecule has 0 amide bonds. The molecule has 0 unspecified atom stereocenters. The van der Waals surface area contributed by atoms with Crippen LogP contribution in [0.1, 0.15) is 16.1 Å². The van der Waals surface area contributed by atoms with Crippen molar-refractivity contribution in [3.05, 3.63) is 72.2 Å². The average molecular weight is 290 g/mol. The first-order chi connectivity index (χ1) is 10.1. The summed E-state index contributed by atoms with van der Waals surface area (Å²) in [6, 6.07) is 9.18. The number of carbonyl (C=O) groups excluding carboxylic acids is 1. The Hall–Kier alpha value is -2.69. The van der Waals surface area contributed by atoms with Gasteiger partial charge in [-0.05, 0) is 36.4 Å². The van der Waals surface area contributed by atoms with Gasteiger partial charge in [0.15, 0.2) is 5.78 Å². The highest BCUT2D eigenvalue weighted by atomic mass is 19.3. The molecule has 108 valence electrons. The Morgan fingerprint density at radius 1 is 1.19 bits per heavy atom. The molecule has 0 saturated carbocycles. The SMILES string of the molecule is O=C(/C=C/C=C/c1ccco1)c1cccc(OC(F)F)c1. The van der Waals surface area contributed by atoms with Crippen LogP contribution in [-0.4, -0.2) is 12.4 Å². The molecular weight excluding hydrogens is 278 g/mol. The third kappa shape index (κ3) is 4.72. The lowest BCUT2D eigenvalue weighted by Gasteiger charge is -2.04. The Morgan fingerprint density at radius 2 is 2.05 bits per heavy atom. The largest absolute Gasteiger partial charge is 0.465 e. The van der Waals surface area contributed by atoms with Crippen molar-refractivity contribution in [2.45, 2.75) is 6.61 Å². The monoisotopic (exact) mass is 290 g/mol. The Kier molecular flexibility index (Phi) is 5.04. The van der Waals surface area contributed by atoms with Crippen LogP contribution in [-0.2, 0) is 0 Å². The van der Waals surface area contributed by atoms with Gasteiger partial charge in [0.2, 0.25) is 0 Å². The fourth-order valence-electron chi connectivity index (χ4n) is 1.60. The average Bonchev–Trinajstić information content (AvgIpc) is 2.96. The van der Waals surface area contributed by atoms with Crippen LogP contribution in [0.25, 0.3) is 6.08 Å². The molecule has 0 N–H and O–H groups in total. The number of furan rings is 1. The van der Waals surface area contributed by atoms with E-state index < -0.39 is 6.61 Å². The first-order valence-corrected chi connectivity index (χ1v) is 6.12. The van der Waals surface area contributed by atoms with E-state index in [2.05, 4.69) is 4.74 Å². The number of benzene rings is 1. The molecule has 0 bridgehead atoms. The summed E-state index contributed by atoms with van der Waals surface area (Å²) in [6.07, 6.45) is 7.77. The molecule has 1 aromatic heterocycles. The molecule has 0 aliphatic rings.